The Labute approximate surface area is 229 Å². The molecule has 0 unspecified atom stereocenters. The summed E-state index contributed by atoms with van der Waals surface area (Å²) in [5.74, 6) is 0.487. The summed E-state index contributed by atoms with van der Waals surface area (Å²) < 4.78 is 7.27. The lowest BCUT2D eigenvalue weighted by Gasteiger charge is -2.36. The maximum Gasteiger partial charge on any atom is 0.293 e. The zero-order valence-corrected chi connectivity index (χ0v) is 23.3. The molecule has 5 rings (SSSR count). The number of halogens is 4. The number of aromatic amines is 1. The molecule has 1 amide bonds. The van der Waals surface area contributed by atoms with E-state index in [2.05, 4.69) is 31.1 Å². The number of benzene rings is 2. The first-order valence-corrected chi connectivity index (χ1v) is 12.9. The minimum absolute atomic E-state index is 0. The molecule has 1 N–H and O–H groups in total. The summed E-state index contributed by atoms with van der Waals surface area (Å²) in [6, 6.07) is 11.0. The van der Waals surface area contributed by atoms with Crippen molar-refractivity contribution in [1.82, 2.24) is 15.2 Å². The normalized spacial score (nSPS) is 16.8. The Morgan fingerprint density at radius 1 is 1.11 bits per heavy atom. The molecular weight excluding hydrogens is 575 g/mol. The number of aromatic nitrogens is 2. The molecule has 0 radical (unpaired) electrons. The number of rotatable bonds is 3. The van der Waals surface area contributed by atoms with E-state index < -0.39 is 5.60 Å². The Morgan fingerprint density at radius 2 is 1.83 bits per heavy atom. The van der Waals surface area contributed by atoms with E-state index in [9.17, 15) is 4.79 Å². The zero-order chi connectivity index (χ0) is 24.0. The lowest BCUT2D eigenvalue weighted by Crippen LogP contribution is -2.48. The van der Waals surface area contributed by atoms with E-state index in [0.29, 0.717) is 21.4 Å². The minimum atomic E-state index is -0.768. The van der Waals surface area contributed by atoms with Crippen LogP contribution in [0.15, 0.2) is 40.9 Å². The zero-order valence-electron chi connectivity index (χ0n) is 19.4. The number of ether oxygens (including phenoxy) is 1. The molecule has 10 heteroatoms. The fourth-order valence-corrected chi connectivity index (χ4v) is 5.62. The molecule has 1 aromatic heterocycles. The third kappa shape index (κ3) is 4.94. The molecule has 2 aromatic carbocycles. The van der Waals surface area contributed by atoms with Crippen molar-refractivity contribution in [1.29, 1.82) is 0 Å². The van der Waals surface area contributed by atoms with Crippen LogP contribution in [0.1, 0.15) is 55.6 Å². The molecule has 186 valence electrons. The van der Waals surface area contributed by atoms with Crippen molar-refractivity contribution in [3.63, 3.8) is 0 Å². The van der Waals surface area contributed by atoms with Gasteiger partial charge < -0.3 is 4.74 Å². The second-order valence-electron chi connectivity index (χ2n) is 9.16. The standard InChI is InChI=1S/C25H25BrCl2N4O2.ClH/c1-25(2)21-22(17-9-7-15(26)13-20(17)34-25)29-30-23(21)24(33)32(31-11-5-3-4-6-12-31)19-10-8-16(27)14-18(19)28;/h7-10,13-14H,3-6,11-12H2,1-2H3,(H,29,30);1H. The number of hydrazine groups is 1. The molecule has 0 bridgehead atoms. The molecule has 0 atom stereocenters. The summed E-state index contributed by atoms with van der Waals surface area (Å²) in [5, 5.41) is 12.3. The average Bonchev–Trinajstić information content (AvgIpc) is 3.06. The van der Waals surface area contributed by atoms with Crippen LogP contribution >= 0.6 is 51.5 Å². The molecule has 2 aliphatic rings. The third-order valence-electron chi connectivity index (χ3n) is 6.34. The summed E-state index contributed by atoms with van der Waals surface area (Å²) >= 11 is 16.3. The Morgan fingerprint density at radius 3 is 2.51 bits per heavy atom. The fourth-order valence-electron chi connectivity index (χ4n) is 4.79. The highest BCUT2D eigenvalue weighted by Gasteiger charge is 2.41. The number of hydrogen-bond donors (Lipinski definition) is 1. The van der Waals surface area contributed by atoms with E-state index in [4.69, 9.17) is 27.9 Å². The van der Waals surface area contributed by atoms with E-state index in [1.807, 2.05) is 32.0 Å². The number of nitrogens with one attached hydrogen (secondary N) is 1. The number of H-pyrrole nitrogens is 1. The second kappa shape index (κ2) is 10.3. The molecule has 1 fully saturated rings. The Bertz CT molecular complexity index is 1260. The number of carbonyl (C=O) groups is 1. The summed E-state index contributed by atoms with van der Waals surface area (Å²) in [7, 11) is 0. The Kier molecular flexibility index (Phi) is 7.74. The van der Waals surface area contributed by atoms with Crippen LogP contribution in [0.25, 0.3) is 11.3 Å². The van der Waals surface area contributed by atoms with Crippen LogP contribution in [-0.4, -0.2) is 34.2 Å². The first-order chi connectivity index (χ1) is 16.3. The monoisotopic (exact) mass is 598 g/mol. The Hall–Kier alpha value is -1.77. The van der Waals surface area contributed by atoms with Crippen LogP contribution in [0.3, 0.4) is 0 Å². The highest BCUT2D eigenvalue weighted by atomic mass is 79.9. The maximum absolute atomic E-state index is 14.2. The molecule has 6 nitrogen and oxygen atoms in total. The van der Waals surface area contributed by atoms with Gasteiger partial charge in [0.25, 0.3) is 5.91 Å². The lowest BCUT2D eigenvalue weighted by molar-refractivity contribution is 0.0853. The van der Waals surface area contributed by atoms with E-state index in [-0.39, 0.29) is 18.3 Å². The first kappa shape index (κ1) is 26.3. The molecule has 3 aromatic rings. The van der Waals surface area contributed by atoms with Crippen molar-refractivity contribution in [2.45, 2.75) is 45.1 Å². The van der Waals surface area contributed by atoms with Gasteiger partial charge in [0.05, 0.1) is 22.0 Å². The van der Waals surface area contributed by atoms with Crippen LogP contribution in [0.4, 0.5) is 5.69 Å². The van der Waals surface area contributed by atoms with Crippen molar-refractivity contribution in [3.05, 3.63) is 62.2 Å². The minimum Gasteiger partial charge on any atom is -0.482 e. The predicted octanol–water partition coefficient (Wildman–Crippen LogP) is 7.63. The molecule has 0 saturated carbocycles. The van der Waals surface area contributed by atoms with Gasteiger partial charge in [-0.05, 0) is 63.1 Å². The lowest BCUT2D eigenvalue weighted by atomic mass is 9.89. The van der Waals surface area contributed by atoms with Gasteiger partial charge in [-0.25, -0.2) is 10.0 Å². The molecule has 2 aliphatic heterocycles. The van der Waals surface area contributed by atoms with Crippen molar-refractivity contribution in [2.75, 3.05) is 18.1 Å². The van der Waals surface area contributed by atoms with Gasteiger partial charge in [-0.1, -0.05) is 52.0 Å². The van der Waals surface area contributed by atoms with Gasteiger partial charge in [-0.3, -0.25) is 9.89 Å². The van der Waals surface area contributed by atoms with Crippen LogP contribution < -0.4 is 9.75 Å². The largest absolute Gasteiger partial charge is 0.482 e. The van der Waals surface area contributed by atoms with Crippen molar-refractivity contribution in [2.24, 2.45) is 0 Å². The van der Waals surface area contributed by atoms with Gasteiger partial charge in [-0.2, -0.15) is 5.10 Å². The van der Waals surface area contributed by atoms with Gasteiger partial charge in [0.1, 0.15) is 11.4 Å². The number of anilines is 1. The highest BCUT2D eigenvalue weighted by Crippen LogP contribution is 2.46. The van der Waals surface area contributed by atoms with Crippen molar-refractivity contribution < 1.29 is 9.53 Å². The number of nitrogens with zero attached hydrogens (tertiary/aromatic N) is 3. The van der Waals surface area contributed by atoms with Crippen LogP contribution in [-0.2, 0) is 5.60 Å². The molecule has 1 saturated heterocycles. The highest BCUT2D eigenvalue weighted by molar-refractivity contribution is 9.10. The topological polar surface area (TPSA) is 61.5 Å². The summed E-state index contributed by atoms with van der Waals surface area (Å²) in [5.41, 5.74) is 2.54. The summed E-state index contributed by atoms with van der Waals surface area (Å²) in [6.07, 6.45) is 4.28. The van der Waals surface area contributed by atoms with Gasteiger partial charge in [0.2, 0.25) is 0 Å². The second-order valence-corrected chi connectivity index (χ2v) is 10.9. The van der Waals surface area contributed by atoms with E-state index in [0.717, 1.165) is 65.8 Å². The molecule has 35 heavy (non-hydrogen) atoms. The molecule has 0 aliphatic carbocycles. The summed E-state index contributed by atoms with van der Waals surface area (Å²) in [6.45, 7) is 5.42. The van der Waals surface area contributed by atoms with Crippen LogP contribution in [0.5, 0.6) is 5.75 Å². The van der Waals surface area contributed by atoms with Crippen molar-refractivity contribution in [3.8, 4) is 17.0 Å². The number of carbonyl (C=O) groups excluding carboxylic acids is 1. The quantitative estimate of drug-likeness (QED) is 0.336. The molecule has 3 heterocycles. The van der Waals surface area contributed by atoms with E-state index in [1.54, 1.807) is 23.2 Å². The number of fused-ring (bicyclic) bond motifs is 3. The van der Waals surface area contributed by atoms with E-state index >= 15 is 0 Å². The smallest absolute Gasteiger partial charge is 0.293 e. The first-order valence-electron chi connectivity index (χ1n) is 11.4. The van der Waals surface area contributed by atoms with Gasteiger partial charge in [0, 0.05) is 28.1 Å². The van der Waals surface area contributed by atoms with Gasteiger partial charge in [-0.15, -0.1) is 12.4 Å². The van der Waals surface area contributed by atoms with Crippen LogP contribution in [0, 0.1) is 0 Å². The van der Waals surface area contributed by atoms with Gasteiger partial charge in [0.15, 0.2) is 5.69 Å². The average molecular weight is 601 g/mol. The van der Waals surface area contributed by atoms with Crippen molar-refractivity contribution >= 4 is 63.1 Å². The van der Waals surface area contributed by atoms with Gasteiger partial charge >= 0.3 is 0 Å². The molecular formula is C25H26BrCl3N4O2. The van der Waals surface area contributed by atoms with E-state index in [1.165, 1.54) is 0 Å². The SMILES string of the molecule is CC1(C)Oc2cc(Br)ccc2-c2[nH]nc(C(=O)N(c3ccc(Cl)cc3Cl)N3CCCCCC3)c21.Cl. The molecule has 0 spiro atoms. The summed E-state index contributed by atoms with van der Waals surface area (Å²) in [4.78, 5) is 14.2. The third-order valence-corrected chi connectivity index (χ3v) is 7.38. The predicted molar refractivity (Wildman–Crippen MR) is 146 cm³/mol. The fraction of sp³-hybridized carbons (Fsp3) is 0.360. The Balaban J connectivity index is 0.00000289. The van der Waals surface area contributed by atoms with Crippen LogP contribution in [0.2, 0.25) is 10.0 Å². The number of hydrogen-bond acceptors (Lipinski definition) is 4. The maximum atomic E-state index is 14.2. The number of amides is 1.